The fraction of sp³-hybridized carbons (Fsp3) is 0.375. The second kappa shape index (κ2) is 6.86. The minimum Gasteiger partial charge on any atom is -0.316 e. The molecule has 0 aliphatic heterocycles. The van der Waals surface area contributed by atoms with E-state index < -0.39 is 0 Å². The lowest BCUT2D eigenvalue weighted by atomic mass is 9.89. The third-order valence-corrected chi connectivity index (χ3v) is 7.02. The lowest BCUT2D eigenvalue weighted by molar-refractivity contribution is -0.113. The molecule has 6 heteroatoms. The molecule has 0 aromatic carbocycles. The number of hydrogen-bond donors (Lipinski definition) is 1. The summed E-state index contributed by atoms with van der Waals surface area (Å²) in [6.07, 6.45) is 3.10. The fourth-order valence-electron chi connectivity index (χ4n) is 2.60. The van der Waals surface area contributed by atoms with Crippen molar-refractivity contribution in [2.24, 2.45) is 5.92 Å². The van der Waals surface area contributed by atoms with Crippen molar-refractivity contribution in [2.45, 2.75) is 30.4 Å². The average molecular weight is 349 g/mol. The fourth-order valence-corrected chi connectivity index (χ4v) is 5.56. The van der Waals surface area contributed by atoms with Crippen LogP contribution in [0.15, 0.2) is 21.7 Å². The predicted molar refractivity (Wildman–Crippen MR) is 93.9 cm³/mol. The molecule has 3 nitrogen and oxygen atoms in total. The van der Waals surface area contributed by atoms with Crippen molar-refractivity contribution >= 4 is 45.3 Å². The largest absolute Gasteiger partial charge is 0.316 e. The van der Waals surface area contributed by atoms with Gasteiger partial charge in [-0.25, -0.2) is 0 Å². The molecular weight excluding hydrogens is 332 g/mol. The van der Waals surface area contributed by atoms with E-state index in [2.05, 4.69) is 18.3 Å². The van der Waals surface area contributed by atoms with Crippen LogP contribution in [0.25, 0.3) is 0 Å². The highest BCUT2D eigenvalue weighted by Crippen LogP contribution is 2.39. The molecule has 0 bridgehead atoms. The summed E-state index contributed by atoms with van der Waals surface area (Å²) in [7, 11) is 0. The van der Waals surface area contributed by atoms with Gasteiger partial charge >= 0.3 is 0 Å². The van der Waals surface area contributed by atoms with Crippen molar-refractivity contribution in [2.75, 3.05) is 11.1 Å². The zero-order valence-corrected chi connectivity index (χ0v) is 14.7. The van der Waals surface area contributed by atoms with Gasteiger partial charge in [0.25, 0.3) is 0 Å². The molecule has 0 spiro atoms. The van der Waals surface area contributed by atoms with Crippen LogP contribution in [0.3, 0.4) is 0 Å². The first-order valence-electron chi connectivity index (χ1n) is 7.18. The number of nitrogens with zero attached hydrogens (tertiary/aromatic N) is 1. The summed E-state index contributed by atoms with van der Waals surface area (Å²) in [5.74, 6) is 1.00. The van der Waals surface area contributed by atoms with Gasteiger partial charge in [-0.1, -0.05) is 13.0 Å². The summed E-state index contributed by atoms with van der Waals surface area (Å²) in [5, 5.41) is 15.1. The van der Waals surface area contributed by atoms with Crippen LogP contribution in [0.2, 0.25) is 0 Å². The summed E-state index contributed by atoms with van der Waals surface area (Å²) < 4.78 is 1.13. The Balaban J connectivity index is 1.69. The third kappa shape index (κ3) is 3.37. The second-order valence-electron chi connectivity index (χ2n) is 5.44. The van der Waals surface area contributed by atoms with E-state index in [4.69, 9.17) is 0 Å². The number of nitriles is 1. The van der Waals surface area contributed by atoms with Crippen LogP contribution in [0.4, 0.5) is 5.00 Å². The van der Waals surface area contributed by atoms with Crippen molar-refractivity contribution in [3.8, 4) is 6.07 Å². The molecule has 1 unspecified atom stereocenters. The number of thioether (sulfide) groups is 1. The molecular formula is C16H16N2OS3. The number of carbonyl (C=O) groups is 1. The first-order chi connectivity index (χ1) is 10.7. The van der Waals surface area contributed by atoms with Crippen LogP contribution in [0.5, 0.6) is 0 Å². The first kappa shape index (κ1) is 15.6. The molecule has 1 atom stereocenters. The SMILES string of the molecule is CC1CCc2c(sc(NC(=O)CSc3cccs3)c2C#N)C1. The Morgan fingerprint density at radius 2 is 2.45 bits per heavy atom. The van der Waals surface area contributed by atoms with Crippen LogP contribution in [-0.2, 0) is 17.6 Å². The lowest BCUT2D eigenvalue weighted by Gasteiger charge is -2.17. The van der Waals surface area contributed by atoms with Gasteiger partial charge in [-0.15, -0.1) is 34.4 Å². The Morgan fingerprint density at radius 3 is 3.18 bits per heavy atom. The summed E-state index contributed by atoms with van der Waals surface area (Å²) in [4.78, 5) is 13.4. The molecule has 1 amide bonds. The lowest BCUT2D eigenvalue weighted by Crippen LogP contribution is -2.14. The van der Waals surface area contributed by atoms with Crippen LogP contribution >= 0.6 is 34.4 Å². The summed E-state index contributed by atoms with van der Waals surface area (Å²) in [5.41, 5.74) is 1.84. The van der Waals surface area contributed by atoms with Gasteiger partial charge in [0, 0.05) is 4.88 Å². The van der Waals surface area contributed by atoms with Gasteiger partial charge in [0.2, 0.25) is 5.91 Å². The van der Waals surface area contributed by atoms with Crippen molar-refractivity contribution in [3.05, 3.63) is 33.5 Å². The Bertz CT molecular complexity index is 713. The molecule has 0 saturated heterocycles. The van der Waals surface area contributed by atoms with Crippen molar-refractivity contribution in [3.63, 3.8) is 0 Å². The minimum absolute atomic E-state index is 0.0402. The van der Waals surface area contributed by atoms with Crippen molar-refractivity contribution in [1.29, 1.82) is 5.26 Å². The van der Waals surface area contributed by atoms with E-state index in [0.717, 1.165) is 34.0 Å². The van der Waals surface area contributed by atoms with E-state index in [-0.39, 0.29) is 5.91 Å². The van der Waals surface area contributed by atoms with Gasteiger partial charge in [-0.05, 0) is 42.2 Å². The maximum Gasteiger partial charge on any atom is 0.235 e. The molecule has 114 valence electrons. The normalized spacial score (nSPS) is 16.8. The molecule has 1 aliphatic carbocycles. The van der Waals surface area contributed by atoms with Gasteiger partial charge in [0.05, 0.1) is 15.5 Å². The second-order valence-corrected chi connectivity index (χ2v) is 8.77. The molecule has 0 fully saturated rings. The van der Waals surface area contributed by atoms with Crippen LogP contribution in [0.1, 0.15) is 29.3 Å². The molecule has 2 aromatic rings. The number of fused-ring (bicyclic) bond motifs is 1. The molecule has 2 heterocycles. The van der Waals surface area contributed by atoms with Crippen molar-refractivity contribution < 1.29 is 4.79 Å². The molecule has 1 N–H and O–H groups in total. The number of nitrogens with one attached hydrogen (secondary N) is 1. The molecule has 22 heavy (non-hydrogen) atoms. The minimum atomic E-state index is -0.0402. The van der Waals surface area contributed by atoms with Gasteiger partial charge in [0.1, 0.15) is 11.1 Å². The van der Waals surface area contributed by atoms with E-state index in [9.17, 15) is 10.1 Å². The number of thiophene rings is 2. The zero-order chi connectivity index (χ0) is 15.5. The standard InChI is InChI=1S/C16H16N2OS3/c1-10-4-5-11-12(8-17)16(22-13(11)7-10)18-14(19)9-21-15-3-2-6-20-15/h2-3,6,10H,4-5,7,9H2,1H3,(H,18,19). The molecule has 3 rings (SSSR count). The monoisotopic (exact) mass is 348 g/mol. The van der Waals surface area contributed by atoms with E-state index in [0.29, 0.717) is 17.2 Å². The smallest absolute Gasteiger partial charge is 0.235 e. The highest BCUT2D eigenvalue weighted by atomic mass is 32.2. The number of amides is 1. The summed E-state index contributed by atoms with van der Waals surface area (Å²) in [6.45, 7) is 2.24. The Hall–Kier alpha value is -1.29. The topological polar surface area (TPSA) is 52.9 Å². The summed E-state index contributed by atoms with van der Waals surface area (Å²) in [6, 6.07) is 6.27. The van der Waals surface area contributed by atoms with E-state index >= 15 is 0 Å². The van der Waals surface area contributed by atoms with Crippen LogP contribution in [0, 0.1) is 17.2 Å². The number of anilines is 1. The first-order valence-corrected chi connectivity index (χ1v) is 9.86. The van der Waals surface area contributed by atoms with Gasteiger partial charge in [0.15, 0.2) is 0 Å². The highest BCUT2D eigenvalue weighted by molar-refractivity contribution is 8.01. The van der Waals surface area contributed by atoms with Crippen LogP contribution in [-0.4, -0.2) is 11.7 Å². The quantitative estimate of drug-likeness (QED) is 0.826. The summed E-state index contributed by atoms with van der Waals surface area (Å²) >= 11 is 4.75. The number of carbonyl (C=O) groups excluding carboxylic acids is 1. The Kier molecular flexibility index (Phi) is 4.87. The van der Waals surface area contributed by atoms with Crippen LogP contribution < -0.4 is 5.32 Å². The maximum atomic E-state index is 12.1. The number of rotatable bonds is 4. The highest BCUT2D eigenvalue weighted by Gasteiger charge is 2.24. The average Bonchev–Trinajstić information content (AvgIpc) is 3.11. The van der Waals surface area contributed by atoms with Gasteiger partial charge < -0.3 is 5.32 Å². The molecule has 1 aliphatic rings. The van der Waals surface area contributed by atoms with E-state index in [1.807, 2.05) is 17.5 Å². The van der Waals surface area contributed by atoms with Gasteiger partial charge in [-0.3, -0.25) is 4.79 Å². The molecule has 0 radical (unpaired) electrons. The maximum absolute atomic E-state index is 12.1. The zero-order valence-electron chi connectivity index (χ0n) is 12.2. The van der Waals surface area contributed by atoms with E-state index in [1.165, 1.54) is 16.6 Å². The predicted octanol–water partition coefficient (Wildman–Crippen LogP) is 4.54. The molecule has 0 saturated carbocycles. The number of hydrogen-bond acceptors (Lipinski definition) is 5. The third-order valence-electron chi connectivity index (χ3n) is 3.72. The van der Waals surface area contributed by atoms with E-state index in [1.54, 1.807) is 22.7 Å². The Morgan fingerprint density at radius 1 is 1.59 bits per heavy atom. The van der Waals surface area contributed by atoms with Gasteiger partial charge in [-0.2, -0.15) is 5.26 Å². The van der Waals surface area contributed by atoms with Crippen molar-refractivity contribution in [1.82, 2.24) is 0 Å². The molecule has 2 aromatic heterocycles. The Labute approximate surface area is 142 Å².